The van der Waals surface area contributed by atoms with Crippen LogP contribution < -0.4 is 5.32 Å². The quantitative estimate of drug-likeness (QED) is 0.152. The second-order valence-electron chi connectivity index (χ2n) is 11.8. The minimum absolute atomic E-state index is 0.0472. The number of fused-ring (bicyclic) bond motifs is 1. The highest BCUT2D eigenvalue weighted by atomic mass is 19.4. The predicted molar refractivity (Wildman–Crippen MR) is 156 cm³/mol. The monoisotopic (exact) mass is 656 g/mol. The molecule has 5 rings (SSSR count). The number of piperazine rings is 1. The van der Waals surface area contributed by atoms with Crippen LogP contribution in [0.1, 0.15) is 49.5 Å². The Labute approximate surface area is 260 Å². The van der Waals surface area contributed by atoms with Crippen molar-refractivity contribution in [3.8, 4) is 0 Å². The van der Waals surface area contributed by atoms with Gasteiger partial charge in [-0.05, 0) is 69.0 Å². The third-order valence-corrected chi connectivity index (χ3v) is 8.67. The summed E-state index contributed by atoms with van der Waals surface area (Å²) in [5.74, 6) is 0.466. The Morgan fingerprint density at radius 2 is 1.70 bits per heavy atom. The van der Waals surface area contributed by atoms with Crippen molar-refractivity contribution >= 4 is 28.3 Å². The molecule has 2 aliphatic rings. The molecule has 2 aromatic carbocycles. The number of hydrogen-bond acceptors (Lipinski definition) is 7. The zero-order valence-electron chi connectivity index (χ0n) is 25.0. The molecular weight excluding hydrogens is 622 g/mol. The number of nitro benzene ring substituents is 1. The molecule has 1 aliphatic heterocycles. The number of halogens is 6. The molecule has 3 aromatic rings. The van der Waals surface area contributed by atoms with Crippen molar-refractivity contribution in [1.29, 1.82) is 0 Å². The van der Waals surface area contributed by atoms with Crippen molar-refractivity contribution in [2.24, 2.45) is 0 Å². The molecule has 1 atom stereocenters. The first-order chi connectivity index (χ1) is 21.7. The van der Waals surface area contributed by atoms with Crippen LogP contribution in [0.25, 0.3) is 11.0 Å². The van der Waals surface area contributed by atoms with E-state index in [0.29, 0.717) is 75.0 Å². The molecule has 1 saturated heterocycles. The van der Waals surface area contributed by atoms with E-state index in [2.05, 4.69) is 10.2 Å². The summed E-state index contributed by atoms with van der Waals surface area (Å²) in [4.78, 5) is 26.7. The lowest BCUT2D eigenvalue weighted by molar-refractivity contribution is -0.388. The molecule has 15 heteroatoms. The normalized spacial score (nSPS) is 20.5. The number of ether oxygens (including phenoxy) is 1. The van der Waals surface area contributed by atoms with Crippen LogP contribution in [0, 0.1) is 10.1 Å². The number of nitrogens with one attached hydrogen (secondary N) is 1. The number of alkyl halides is 6. The summed E-state index contributed by atoms with van der Waals surface area (Å²) in [6, 6.07) is 7.85. The fourth-order valence-electron chi connectivity index (χ4n) is 6.11. The number of carbonyl (C=O) groups excluding carboxylic acids is 1. The van der Waals surface area contributed by atoms with E-state index < -0.39 is 34.1 Å². The summed E-state index contributed by atoms with van der Waals surface area (Å²) in [6.45, 7) is 4.20. The molecule has 1 saturated carbocycles. The number of hydrogen-bond donors (Lipinski definition) is 1. The molecule has 0 spiro atoms. The van der Waals surface area contributed by atoms with E-state index in [-0.39, 0.29) is 36.4 Å². The lowest BCUT2D eigenvalue weighted by atomic mass is 9.92. The fraction of sp³-hybridized carbons (Fsp3) is 0.516. The maximum Gasteiger partial charge on any atom is 0.423 e. The van der Waals surface area contributed by atoms with Crippen LogP contribution in [-0.4, -0.2) is 71.6 Å². The van der Waals surface area contributed by atoms with Crippen LogP contribution in [0.4, 0.5) is 37.7 Å². The van der Waals surface area contributed by atoms with Crippen molar-refractivity contribution in [3.63, 3.8) is 0 Å². The van der Waals surface area contributed by atoms with E-state index in [0.717, 1.165) is 24.3 Å². The molecule has 1 amide bonds. The van der Waals surface area contributed by atoms with Crippen molar-refractivity contribution in [2.75, 3.05) is 38.1 Å². The number of furan rings is 1. The SMILES string of the molecule is CC(Cc1cc2cc(C(F)(F)F)ccc2o1)N1CCN(C(=O)COC2CCC(Nc3ccc([N+](=O)[O-])c(C(F)(F)F)c3)CC2)CC1. The maximum absolute atomic E-state index is 13.3. The van der Waals surface area contributed by atoms with Gasteiger partial charge in [0.2, 0.25) is 5.91 Å². The zero-order valence-corrected chi connectivity index (χ0v) is 25.0. The van der Waals surface area contributed by atoms with Gasteiger partial charge in [-0.25, -0.2) is 0 Å². The summed E-state index contributed by atoms with van der Waals surface area (Å²) in [5, 5.41) is 14.4. The fourth-order valence-corrected chi connectivity index (χ4v) is 6.11. The number of amides is 1. The van der Waals surface area contributed by atoms with Gasteiger partial charge in [-0.3, -0.25) is 19.8 Å². The summed E-state index contributed by atoms with van der Waals surface area (Å²) < 4.78 is 90.6. The van der Waals surface area contributed by atoms with Gasteiger partial charge in [-0.2, -0.15) is 26.3 Å². The van der Waals surface area contributed by atoms with Gasteiger partial charge in [0.05, 0.1) is 16.6 Å². The molecule has 2 heterocycles. The smallest absolute Gasteiger partial charge is 0.423 e. The number of nitrogens with zero attached hydrogens (tertiary/aromatic N) is 3. The second-order valence-corrected chi connectivity index (χ2v) is 11.8. The minimum atomic E-state index is -4.85. The van der Waals surface area contributed by atoms with Gasteiger partial charge >= 0.3 is 12.4 Å². The molecule has 250 valence electrons. The molecule has 46 heavy (non-hydrogen) atoms. The summed E-state index contributed by atoms with van der Waals surface area (Å²) in [7, 11) is 0. The van der Waals surface area contributed by atoms with E-state index in [1.165, 1.54) is 12.1 Å². The van der Waals surface area contributed by atoms with Crippen molar-refractivity contribution in [3.05, 3.63) is 69.5 Å². The highest BCUT2D eigenvalue weighted by molar-refractivity contribution is 5.79. The topological polar surface area (TPSA) is 101 Å². The van der Waals surface area contributed by atoms with E-state index in [9.17, 15) is 41.3 Å². The molecule has 1 N–H and O–H groups in total. The van der Waals surface area contributed by atoms with Gasteiger partial charge in [-0.15, -0.1) is 0 Å². The van der Waals surface area contributed by atoms with Crippen molar-refractivity contribution in [1.82, 2.24) is 9.80 Å². The van der Waals surface area contributed by atoms with Gasteiger partial charge in [0.1, 0.15) is 23.5 Å². The first-order valence-electron chi connectivity index (χ1n) is 15.0. The predicted octanol–water partition coefficient (Wildman–Crippen LogP) is 6.89. The molecular formula is C31H34F6N4O5. The Bertz CT molecular complexity index is 1540. The van der Waals surface area contributed by atoms with Gasteiger partial charge in [0, 0.05) is 61.8 Å². The average Bonchev–Trinajstić information content (AvgIpc) is 3.41. The molecule has 1 aliphatic carbocycles. The largest absolute Gasteiger partial charge is 0.461 e. The molecule has 2 fully saturated rings. The highest BCUT2D eigenvalue weighted by Gasteiger charge is 2.39. The van der Waals surface area contributed by atoms with Crippen LogP contribution in [0.5, 0.6) is 0 Å². The van der Waals surface area contributed by atoms with E-state index in [1.54, 1.807) is 11.0 Å². The van der Waals surface area contributed by atoms with Gasteiger partial charge in [0.25, 0.3) is 5.69 Å². The van der Waals surface area contributed by atoms with Gasteiger partial charge in [0.15, 0.2) is 0 Å². The molecule has 1 aromatic heterocycles. The Morgan fingerprint density at radius 3 is 2.33 bits per heavy atom. The molecule has 1 unspecified atom stereocenters. The number of carbonyl (C=O) groups is 1. The highest BCUT2D eigenvalue weighted by Crippen LogP contribution is 2.38. The first-order valence-corrected chi connectivity index (χ1v) is 15.0. The summed E-state index contributed by atoms with van der Waals surface area (Å²) in [5.41, 5.74) is -2.46. The summed E-state index contributed by atoms with van der Waals surface area (Å²) in [6.07, 6.45) is -6.52. The minimum Gasteiger partial charge on any atom is -0.461 e. The Kier molecular flexibility index (Phi) is 9.82. The second kappa shape index (κ2) is 13.5. The van der Waals surface area contributed by atoms with Crippen molar-refractivity contribution in [2.45, 2.75) is 69.6 Å². The molecule has 9 nitrogen and oxygen atoms in total. The first kappa shape index (κ1) is 33.5. The van der Waals surface area contributed by atoms with Gasteiger partial charge < -0.3 is 19.4 Å². The van der Waals surface area contributed by atoms with Crippen LogP contribution in [0.15, 0.2) is 46.9 Å². The third kappa shape index (κ3) is 8.10. The summed E-state index contributed by atoms with van der Waals surface area (Å²) >= 11 is 0. The van der Waals surface area contributed by atoms with E-state index >= 15 is 0 Å². The lowest BCUT2D eigenvalue weighted by Crippen LogP contribution is -2.52. The van der Waals surface area contributed by atoms with Crippen LogP contribution in [0.3, 0.4) is 0 Å². The number of anilines is 1. The Balaban J connectivity index is 1.03. The number of benzene rings is 2. The lowest BCUT2D eigenvalue weighted by Gasteiger charge is -2.38. The number of nitro groups is 1. The van der Waals surface area contributed by atoms with Crippen LogP contribution in [0.2, 0.25) is 0 Å². The van der Waals surface area contributed by atoms with E-state index in [1.807, 2.05) is 6.92 Å². The zero-order chi connectivity index (χ0) is 33.2. The molecule has 0 radical (unpaired) electrons. The van der Waals surface area contributed by atoms with Gasteiger partial charge in [-0.1, -0.05) is 0 Å². The standard InChI is InChI=1S/C31H34F6N4O5/c1-19(14-25-16-20-15-21(30(32,33)34)2-9-28(20)46-25)39-10-12-40(13-11-39)29(42)18-45-24-6-3-22(4-7-24)38-23-5-8-27(41(43)44)26(17-23)31(35,36)37/h2,5,8-9,15-17,19,22,24,38H,3-4,6-7,10-14,18H2,1H3. The van der Waals surface area contributed by atoms with Crippen LogP contribution in [-0.2, 0) is 28.3 Å². The van der Waals surface area contributed by atoms with E-state index in [4.69, 9.17) is 9.15 Å². The third-order valence-electron chi connectivity index (χ3n) is 8.67. The van der Waals surface area contributed by atoms with Crippen molar-refractivity contribution < 1.29 is 45.2 Å². The Morgan fingerprint density at radius 1 is 1.00 bits per heavy atom. The average molecular weight is 657 g/mol. The molecule has 0 bridgehead atoms. The number of rotatable bonds is 9. The maximum atomic E-state index is 13.3. The Hall–Kier alpha value is -3.85. The van der Waals surface area contributed by atoms with Crippen LogP contribution >= 0.6 is 0 Å².